The molecule has 2 nitrogen and oxygen atoms in total. The van der Waals surface area contributed by atoms with Crippen molar-refractivity contribution < 1.29 is 4.79 Å². The van der Waals surface area contributed by atoms with Gasteiger partial charge in [-0.05, 0) is 18.8 Å². The lowest BCUT2D eigenvalue weighted by molar-refractivity contribution is -0.129. The van der Waals surface area contributed by atoms with Crippen LogP contribution in [0, 0.1) is 18.3 Å². The van der Waals surface area contributed by atoms with E-state index in [1.54, 1.807) is 6.92 Å². The van der Waals surface area contributed by atoms with Gasteiger partial charge in [0.15, 0.2) is 0 Å². The minimum absolute atomic E-state index is 0.0937. The highest BCUT2D eigenvalue weighted by molar-refractivity contribution is 5.75. The van der Waals surface area contributed by atoms with E-state index < -0.39 is 0 Å². The quantitative estimate of drug-likeness (QED) is 0.462. The molecule has 0 radical (unpaired) electrons. The van der Waals surface area contributed by atoms with Gasteiger partial charge in [-0.2, -0.15) is 0 Å². The highest BCUT2D eigenvalue weighted by Crippen LogP contribution is 2.47. The largest absolute Gasteiger partial charge is 0.326 e. The molecule has 1 aliphatic heterocycles. The predicted octanol–water partition coefficient (Wildman–Crippen LogP) is 0.629. The maximum absolute atomic E-state index is 11.1. The first-order valence-corrected chi connectivity index (χ1v) is 3.99. The van der Waals surface area contributed by atoms with Gasteiger partial charge in [0, 0.05) is 13.0 Å². The molecule has 1 aliphatic carbocycles. The summed E-state index contributed by atoms with van der Waals surface area (Å²) in [4.78, 5) is 12.9. The molecular formula is C9H11NO. The molecule has 2 rings (SSSR count). The van der Waals surface area contributed by atoms with Crippen molar-refractivity contribution in [1.82, 2.24) is 4.90 Å². The van der Waals surface area contributed by atoms with Gasteiger partial charge in [0.25, 0.3) is 0 Å². The van der Waals surface area contributed by atoms with Crippen molar-refractivity contribution in [2.45, 2.75) is 31.8 Å². The number of fused-ring (bicyclic) bond motifs is 1. The van der Waals surface area contributed by atoms with E-state index in [2.05, 4.69) is 5.92 Å². The average molecular weight is 149 g/mol. The fourth-order valence-electron chi connectivity index (χ4n) is 2.06. The molecule has 1 amide bonds. The van der Waals surface area contributed by atoms with Crippen LogP contribution in [-0.2, 0) is 4.79 Å². The van der Waals surface area contributed by atoms with Gasteiger partial charge >= 0.3 is 0 Å². The molecule has 2 aliphatic rings. The average Bonchev–Trinajstić information content (AvgIpc) is 2.61. The molecular weight excluding hydrogens is 138 g/mol. The molecule has 0 aromatic carbocycles. The zero-order chi connectivity index (χ0) is 8.01. The van der Waals surface area contributed by atoms with Crippen LogP contribution in [0.4, 0.5) is 0 Å². The summed E-state index contributed by atoms with van der Waals surface area (Å²) in [6, 6.07) is 0.588. The first kappa shape index (κ1) is 6.72. The standard InChI is InChI=1S/C9H11NO/c1-3-8-4-7-5-9(7)10(8)6(2)11/h1,7-9H,4-5H2,2H3/t7-,8+,9+/m1/s1. The highest BCUT2D eigenvalue weighted by atomic mass is 16.2. The van der Waals surface area contributed by atoms with E-state index in [9.17, 15) is 4.79 Å². The van der Waals surface area contributed by atoms with Crippen LogP contribution in [0.1, 0.15) is 19.8 Å². The van der Waals surface area contributed by atoms with E-state index in [0.717, 1.165) is 12.3 Å². The Morgan fingerprint density at radius 2 is 2.36 bits per heavy atom. The van der Waals surface area contributed by atoms with Gasteiger partial charge in [-0.15, -0.1) is 6.42 Å². The zero-order valence-electron chi connectivity index (χ0n) is 6.58. The maximum Gasteiger partial charge on any atom is 0.220 e. The lowest BCUT2D eigenvalue weighted by atomic mass is 10.2. The number of piperidine rings is 1. The van der Waals surface area contributed by atoms with Gasteiger partial charge in [0.1, 0.15) is 0 Å². The summed E-state index contributed by atoms with van der Waals surface area (Å²) in [5.41, 5.74) is 0. The number of terminal acetylenes is 1. The normalized spacial score (nSPS) is 39.6. The van der Waals surface area contributed by atoms with Crippen LogP contribution in [0.2, 0.25) is 0 Å². The molecule has 2 heteroatoms. The summed E-state index contributed by atoms with van der Waals surface area (Å²) < 4.78 is 0. The van der Waals surface area contributed by atoms with Crippen molar-refractivity contribution in [1.29, 1.82) is 0 Å². The van der Waals surface area contributed by atoms with Crippen LogP contribution < -0.4 is 0 Å². The van der Waals surface area contributed by atoms with E-state index in [0.29, 0.717) is 6.04 Å². The van der Waals surface area contributed by atoms with Gasteiger partial charge in [0.05, 0.1) is 6.04 Å². The summed E-state index contributed by atoms with van der Waals surface area (Å²) in [5.74, 6) is 3.52. The highest BCUT2D eigenvalue weighted by Gasteiger charge is 2.52. The molecule has 58 valence electrons. The third-order valence-corrected chi connectivity index (χ3v) is 2.66. The van der Waals surface area contributed by atoms with E-state index in [-0.39, 0.29) is 11.9 Å². The Morgan fingerprint density at radius 1 is 1.64 bits per heavy atom. The molecule has 2 fully saturated rings. The molecule has 3 atom stereocenters. The Kier molecular flexibility index (Phi) is 1.23. The molecule has 1 saturated heterocycles. The second-order valence-electron chi connectivity index (χ2n) is 3.41. The molecule has 0 aromatic heterocycles. The van der Waals surface area contributed by atoms with Crippen molar-refractivity contribution in [3.63, 3.8) is 0 Å². The van der Waals surface area contributed by atoms with Crippen molar-refractivity contribution in [3.8, 4) is 12.3 Å². The van der Waals surface area contributed by atoms with Crippen molar-refractivity contribution in [3.05, 3.63) is 0 Å². The Hall–Kier alpha value is -0.970. The number of hydrogen-bond donors (Lipinski definition) is 0. The SMILES string of the molecule is C#C[C@H]1C[C@@H]2C[C@@H]2N1C(C)=O. The van der Waals surface area contributed by atoms with Crippen molar-refractivity contribution in [2.75, 3.05) is 0 Å². The topological polar surface area (TPSA) is 20.3 Å². The van der Waals surface area contributed by atoms with Gasteiger partial charge in [0.2, 0.25) is 5.91 Å². The smallest absolute Gasteiger partial charge is 0.220 e. The summed E-state index contributed by atoms with van der Waals surface area (Å²) >= 11 is 0. The number of hydrogen-bond acceptors (Lipinski definition) is 1. The number of carbonyl (C=O) groups is 1. The minimum Gasteiger partial charge on any atom is -0.326 e. The van der Waals surface area contributed by atoms with Gasteiger partial charge in [-0.25, -0.2) is 0 Å². The van der Waals surface area contributed by atoms with E-state index in [4.69, 9.17) is 6.42 Å². The van der Waals surface area contributed by atoms with Gasteiger partial charge in [-0.3, -0.25) is 4.79 Å². The molecule has 1 saturated carbocycles. The first-order chi connectivity index (χ1) is 5.24. The molecule has 11 heavy (non-hydrogen) atoms. The zero-order valence-corrected chi connectivity index (χ0v) is 6.58. The third kappa shape index (κ3) is 0.841. The third-order valence-electron chi connectivity index (χ3n) is 2.66. The summed E-state index contributed by atoms with van der Waals surface area (Å²) in [6.07, 6.45) is 7.51. The van der Waals surface area contributed by atoms with Gasteiger partial charge in [-0.1, -0.05) is 5.92 Å². The van der Waals surface area contributed by atoms with Crippen LogP contribution in [0.25, 0.3) is 0 Å². The predicted molar refractivity (Wildman–Crippen MR) is 41.7 cm³/mol. The number of amides is 1. The van der Waals surface area contributed by atoms with Crippen LogP contribution in [0.3, 0.4) is 0 Å². The number of carbonyl (C=O) groups excluding carboxylic acids is 1. The van der Waals surface area contributed by atoms with Gasteiger partial charge < -0.3 is 4.90 Å². The monoisotopic (exact) mass is 149 g/mol. The number of likely N-dealkylation sites (tertiary alicyclic amines) is 1. The second kappa shape index (κ2) is 2.01. The number of nitrogens with zero attached hydrogens (tertiary/aromatic N) is 1. The summed E-state index contributed by atoms with van der Waals surface area (Å²) in [5, 5.41) is 0. The van der Waals surface area contributed by atoms with Crippen LogP contribution in [0.5, 0.6) is 0 Å². The number of rotatable bonds is 0. The maximum atomic E-state index is 11.1. The summed E-state index contributed by atoms with van der Waals surface area (Å²) in [7, 11) is 0. The second-order valence-corrected chi connectivity index (χ2v) is 3.41. The molecule has 0 aromatic rings. The van der Waals surface area contributed by atoms with Crippen molar-refractivity contribution in [2.24, 2.45) is 5.92 Å². The Morgan fingerprint density at radius 3 is 2.82 bits per heavy atom. The van der Waals surface area contributed by atoms with Crippen LogP contribution in [0.15, 0.2) is 0 Å². The first-order valence-electron chi connectivity index (χ1n) is 3.99. The Labute approximate surface area is 66.6 Å². The fourth-order valence-corrected chi connectivity index (χ4v) is 2.06. The Bertz CT molecular complexity index is 240. The lowest BCUT2D eigenvalue weighted by Gasteiger charge is -2.21. The molecule has 0 N–H and O–H groups in total. The van der Waals surface area contributed by atoms with Crippen molar-refractivity contribution >= 4 is 5.91 Å². The molecule has 0 bridgehead atoms. The van der Waals surface area contributed by atoms with E-state index in [1.807, 2.05) is 4.90 Å². The fraction of sp³-hybridized carbons (Fsp3) is 0.667. The van der Waals surface area contributed by atoms with Crippen LogP contribution in [-0.4, -0.2) is 22.9 Å². The minimum atomic E-state index is 0.0937. The Balaban J connectivity index is 2.16. The summed E-state index contributed by atoms with van der Waals surface area (Å²) in [6.45, 7) is 1.60. The lowest BCUT2D eigenvalue weighted by Crippen LogP contribution is -2.35. The molecule has 1 heterocycles. The van der Waals surface area contributed by atoms with Crippen LogP contribution >= 0.6 is 0 Å². The molecule has 0 unspecified atom stereocenters. The van der Waals surface area contributed by atoms with E-state index >= 15 is 0 Å². The van der Waals surface area contributed by atoms with E-state index in [1.165, 1.54) is 6.42 Å². The molecule has 0 spiro atoms.